The van der Waals surface area contributed by atoms with Crippen molar-refractivity contribution in [3.8, 4) is 0 Å². The second kappa shape index (κ2) is 7.69. The molecule has 0 radical (unpaired) electrons. The molecule has 0 saturated carbocycles. The van der Waals surface area contributed by atoms with Crippen LogP contribution in [0.25, 0.3) is 0 Å². The van der Waals surface area contributed by atoms with Crippen LogP contribution in [-0.2, 0) is 31.5 Å². The third-order valence-corrected chi connectivity index (χ3v) is 6.96. The topological polar surface area (TPSA) is 190 Å². The van der Waals surface area contributed by atoms with Crippen LogP contribution in [0.4, 0.5) is 0 Å². The zero-order chi connectivity index (χ0) is 20.6. The van der Waals surface area contributed by atoms with Gasteiger partial charge in [0, 0.05) is 18.6 Å². The van der Waals surface area contributed by atoms with E-state index in [2.05, 4.69) is 20.8 Å². The van der Waals surface area contributed by atoms with E-state index in [0.717, 1.165) is 4.90 Å². The number of rotatable bonds is 7. The Morgan fingerprint density at radius 3 is 2.75 bits per heavy atom. The van der Waals surface area contributed by atoms with Crippen molar-refractivity contribution in [1.29, 1.82) is 0 Å². The number of hydrogen-bond acceptors (Lipinski definition) is 10. The van der Waals surface area contributed by atoms with Gasteiger partial charge in [0.05, 0.1) is 0 Å². The molecule has 2 aliphatic heterocycles. The van der Waals surface area contributed by atoms with Crippen LogP contribution < -0.4 is 10.5 Å². The maximum atomic E-state index is 12.4. The van der Waals surface area contributed by atoms with Crippen LogP contribution in [0.2, 0.25) is 0 Å². The van der Waals surface area contributed by atoms with Gasteiger partial charge in [0.2, 0.25) is 21.1 Å². The fourth-order valence-corrected chi connectivity index (χ4v) is 5.47. The lowest BCUT2D eigenvalue weighted by atomic mass is 10.0. The number of tetrazole rings is 1. The van der Waals surface area contributed by atoms with Gasteiger partial charge >= 0.3 is 5.97 Å². The lowest BCUT2D eigenvalue weighted by Gasteiger charge is -2.49. The second-order valence-corrected chi connectivity index (χ2v) is 9.56. The van der Waals surface area contributed by atoms with Crippen molar-refractivity contribution in [2.75, 3.05) is 17.3 Å². The van der Waals surface area contributed by atoms with Crippen molar-refractivity contribution in [3.05, 3.63) is 11.3 Å². The van der Waals surface area contributed by atoms with Crippen LogP contribution in [0.1, 0.15) is 0 Å². The largest absolute Gasteiger partial charge is 0.477 e. The fourth-order valence-electron chi connectivity index (χ4n) is 2.69. The molecular formula is C12H15N7O6S3. The van der Waals surface area contributed by atoms with Crippen molar-refractivity contribution in [2.45, 2.75) is 16.6 Å². The molecule has 0 aliphatic carbocycles. The number of aliphatic carboxylic acids is 1. The number of carboxylic acid groups (broad SMARTS) is 1. The summed E-state index contributed by atoms with van der Waals surface area (Å²) in [6, 6.07) is -1.01. The highest BCUT2D eigenvalue weighted by Gasteiger charge is 2.54. The maximum absolute atomic E-state index is 12.4. The van der Waals surface area contributed by atoms with Crippen molar-refractivity contribution in [2.24, 2.45) is 12.2 Å². The van der Waals surface area contributed by atoms with Crippen molar-refractivity contribution >= 4 is 51.3 Å². The Morgan fingerprint density at radius 1 is 1.46 bits per heavy atom. The van der Waals surface area contributed by atoms with E-state index in [-0.39, 0.29) is 11.4 Å². The highest BCUT2D eigenvalue weighted by atomic mass is 32.2. The van der Waals surface area contributed by atoms with E-state index in [4.69, 9.17) is 5.14 Å². The number of sulfonamides is 1. The van der Waals surface area contributed by atoms with E-state index in [0.29, 0.717) is 16.5 Å². The van der Waals surface area contributed by atoms with Gasteiger partial charge in [-0.3, -0.25) is 14.5 Å². The monoisotopic (exact) mass is 449 g/mol. The molecule has 1 aromatic heterocycles. The Morgan fingerprint density at radius 2 is 2.18 bits per heavy atom. The number of primary sulfonamides is 1. The summed E-state index contributed by atoms with van der Waals surface area (Å²) in [6.07, 6.45) is 0. The first-order valence-corrected chi connectivity index (χ1v) is 11.4. The van der Waals surface area contributed by atoms with Gasteiger partial charge in [-0.05, 0) is 16.0 Å². The minimum atomic E-state index is -4.03. The number of nitrogens with zero attached hydrogens (tertiary/aromatic N) is 5. The quantitative estimate of drug-likeness (QED) is 0.290. The van der Waals surface area contributed by atoms with E-state index >= 15 is 0 Å². The minimum Gasteiger partial charge on any atom is -0.477 e. The van der Waals surface area contributed by atoms with Gasteiger partial charge in [0.15, 0.2) is 0 Å². The van der Waals surface area contributed by atoms with Crippen molar-refractivity contribution in [3.63, 3.8) is 0 Å². The number of β-lactam (4-membered cyclic amide) rings is 1. The molecule has 0 unspecified atom stereocenters. The van der Waals surface area contributed by atoms with Crippen molar-refractivity contribution in [1.82, 2.24) is 30.4 Å². The molecule has 1 saturated heterocycles. The highest BCUT2D eigenvalue weighted by molar-refractivity contribution is 8.01. The third-order valence-electron chi connectivity index (χ3n) is 3.86. The third kappa shape index (κ3) is 4.13. The number of amides is 2. The molecule has 3 heterocycles. The summed E-state index contributed by atoms with van der Waals surface area (Å²) in [5.41, 5.74) is 0.373. The Balaban J connectivity index is 1.73. The highest BCUT2D eigenvalue weighted by Crippen LogP contribution is 2.41. The smallest absolute Gasteiger partial charge is 0.352 e. The van der Waals surface area contributed by atoms with Gasteiger partial charge in [0.25, 0.3) is 5.91 Å². The lowest BCUT2D eigenvalue weighted by Crippen LogP contribution is -2.71. The summed E-state index contributed by atoms with van der Waals surface area (Å²) in [4.78, 5) is 37.0. The van der Waals surface area contributed by atoms with E-state index in [1.165, 1.54) is 28.2 Å². The molecule has 2 amide bonds. The van der Waals surface area contributed by atoms with Crippen molar-refractivity contribution < 1.29 is 27.9 Å². The zero-order valence-corrected chi connectivity index (χ0v) is 16.8. The summed E-state index contributed by atoms with van der Waals surface area (Å²) in [5, 5.41) is 27.5. The van der Waals surface area contributed by atoms with Gasteiger partial charge in [-0.2, -0.15) is 0 Å². The zero-order valence-electron chi connectivity index (χ0n) is 14.3. The standard InChI is InChI=1S/C12H15N7O6S3/c1-18-12(15-16-17-18)27-3-5-2-26-10-7(14-6(20)4-28(13,24)25)9(21)19(10)8(5)11(22)23/h7,10H,2-4H2,1H3,(H,14,20)(H,22,23)(H2,13,24,25)/t7-,10-/m1/s1. The molecular weight excluding hydrogens is 434 g/mol. The first-order chi connectivity index (χ1) is 13.1. The number of nitrogens with one attached hydrogen (secondary N) is 1. The van der Waals surface area contributed by atoms with E-state index < -0.39 is 45.0 Å². The molecule has 0 aromatic carbocycles. The molecule has 1 fully saturated rings. The second-order valence-electron chi connectivity index (χ2n) is 5.89. The molecule has 1 aromatic rings. The molecule has 4 N–H and O–H groups in total. The van der Waals surface area contributed by atoms with Gasteiger partial charge in [0.1, 0.15) is 22.9 Å². The predicted octanol–water partition coefficient (Wildman–Crippen LogP) is -2.67. The van der Waals surface area contributed by atoms with Crippen LogP contribution >= 0.6 is 23.5 Å². The van der Waals surface area contributed by atoms with Gasteiger partial charge in [-0.1, -0.05) is 11.8 Å². The van der Waals surface area contributed by atoms with Crippen LogP contribution in [0.15, 0.2) is 16.4 Å². The van der Waals surface area contributed by atoms with E-state index in [1.54, 1.807) is 7.05 Å². The summed E-state index contributed by atoms with van der Waals surface area (Å²) in [6.45, 7) is 0. The van der Waals surface area contributed by atoms with E-state index in [1.807, 2.05) is 0 Å². The first kappa shape index (κ1) is 20.6. The number of carbonyl (C=O) groups excluding carboxylic acids is 2. The Labute approximate surface area is 167 Å². The average molecular weight is 449 g/mol. The van der Waals surface area contributed by atoms with Crippen LogP contribution in [-0.4, -0.2) is 85.1 Å². The molecule has 16 heteroatoms. The average Bonchev–Trinajstić information content (AvgIpc) is 3.00. The van der Waals surface area contributed by atoms with Gasteiger partial charge in [-0.25, -0.2) is 23.0 Å². The maximum Gasteiger partial charge on any atom is 0.352 e. The molecule has 3 rings (SSSR count). The number of aromatic nitrogens is 4. The SMILES string of the molecule is Cn1nnnc1SCC1=C(C(=O)O)N2C(=O)[C@@H](NC(=O)CS(N)(=O)=O)[C@H]2SC1. The minimum absolute atomic E-state index is 0.145. The van der Waals surface area contributed by atoms with Gasteiger partial charge < -0.3 is 10.4 Å². The summed E-state index contributed by atoms with van der Waals surface area (Å²) in [7, 11) is -2.39. The number of carbonyl (C=O) groups is 3. The molecule has 0 spiro atoms. The Bertz CT molecular complexity index is 974. The normalized spacial score (nSPS) is 21.9. The van der Waals surface area contributed by atoms with Crippen LogP contribution in [0.3, 0.4) is 0 Å². The molecule has 2 atom stereocenters. The Hall–Kier alpha value is -2.17. The summed E-state index contributed by atoms with van der Waals surface area (Å²) in [5.74, 6) is -3.18. The summed E-state index contributed by atoms with van der Waals surface area (Å²) >= 11 is 2.50. The fraction of sp³-hybridized carbons (Fsp3) is 0.500. The molecule has 152 valence electrons. The number of carboxylic acids is 1. The number of thioether (sulfide) groups is 2. The first-order valence-electron chi connectivity index (χ1n) is 7.63. The predicted molar refractivity (Wildman–Crippen MR) is 97.2 cm³/mol. The van der Waals surface area contributed by atoms with Crippen LogP contribution in [0.5, 0.6) is 0 Å². The number of hydrogen-bond donors (Lipinski definition) is 3. The molecule has 0 bridgehead atoms. The van der Waals surface area contributed by atoms with Crippen LogP contribution in [0, 0.1) is 0 Å². The van der Waals surface area contributed by atoms with E-state index in [9.17, 15) is 27.9 Å². The lowest BCUT2D eigenvalue weighted by molar-refractivity contribution is -0.150. The van der Waals surface area contributed by atoms with Gasteiger partial charge in [-0.15, -0.1) is 16.9 Å². The summed E-state index contributed by atoms with van der Waals surface area (Å²) < 4.78 is 23.4. The Kier molecular flexibility index (Phi) is 5.64. The molecule has 13 nitrogen and oxygen atoms in total. The number of nitrogens with two attached hydrogens (primary N) is 1. The number of aryl methyl sites for hydroxylation is 1. The molecule has 28 heavy (non-hydrogen) atoms. The number of fused-ring (bicyclic) bond motifs is 1. The molecule has 2 aliphatic rings.